The van der Waals surface area contributed by atoms with Gasteiger partial charge >= 0.3 is 0 Å². The van der Waals surface area contributed by atoms with Crippen LogP contribution in [-0.2, 0) is 28.3 Å². The maximum absolute atomic E-state index is 13.7. The second-order valence-corrected chi connectivity index (χ2v) is 10.5. The van der Waals surface area contributed by atoms with Crippen molar-refractivity contribution in [3.8, 4) is 0 Å². The van der Waals surface area contributed by atoms with Gasteiger partial charge in [-0.05, 0) is 47.7 Å². The van der Waals surface area contributed by atoms with Gasteiger partial charge in [-0.1, -0.05) is 90.8 Å². The fourth-order valence-electron chi connectivity index (χ4n) is 3.86. The summed E-state index contributed by atoms with van der Waals surface area (Å²) in [5.74, 6) is 0.747. The van der Waals surface area contributed by atoms with E-state index in [0.29, 0.717) is 23.0 Å². The van der Waals surface area contributed by atoms with E-state index in [-0.39, 0.29) is 24.1 Å². The summed E-state index contributed by atoms with van der Waals surface area (Å²) in [6.07, 6.45) is 1.24. The number of hydrogen-bond acceptors (Lipinski definition) is 3. The van der Waals surface area contributed by atoms with Gasteiger partial charge in [-0.15, -0.1) is 11.8 Å². The van der Waals surface area contributed by atoms with Gasteiger partial charge in [-0.3, -0.25) is 9.59 Å². The average molecular weight is 544 g/mol. The van der Waals surface area contributed by atoms with Gasteiger partial charge in [0.15, 0.2) is 0 Å². The van der Waals surface area contributed by atoms with Gasteiger partial charge < -0.3 is 10.2 Å². The summed E-state index contributed by atoms with van der Waals surface area (Å²) in [7, 11) is 0. The molecule has 36 heavy (non-hydrogen) atoms. The van der Waals surface area contributed by atoms with E-state index in [1.165, 1.54) is 11.1 Å². The molecule has 0 aromatic heterocycles. The summed E-state index contributed by atoms with van der Waals surface area (Å²) in [5, 5.41) is 3.87. The number of carbonyl (C=O) groups is 2. The first kappa shape index (κ1) is 28.1. The molecule has 1 atom stereocenters. The average Bonchev–Trinajstić information content (AvgIpc) is 2.88. The van der Waals surface area contributed by atoms with Crippen molar-refractivity contribution in [2.75, 3.05) is 12.3 Å². The Hall–Kier alpha value is -2.47. The van der Waals surface area contributed by atoms with Gasteiger partial charge in [0.1, 0.15) is 6.04 Å². The second-order valence-electron chi connectivity index (χ2n) is 8.69. The number of nitrogens with one attached hydrogen (secondary N) is 1. The molecule has 0 aliphatic carbocycles. The van der Waals surface area contributed by atoms with Crippen LogP contribution in [0.25, 0.3) is 0 Å². The van der Waals surface area contributed by atoms with E-state index in [1.54, 1.807) is 28.8 Å². The molecule has 1 N–H and O–H groups in total. The summed E-state index contributed by atoms with van der Waals surface area (Å²) < 4.78 is 0. The van der Waals surface area contributed by atoms with E-state index in [0.717, 1.165) is 23.3 Å². The number of nitrogens with zero attached hydrogens (tertiary/aromatic N) is 1. The number of carbonyl (C=O) groups excluding carboxylic acids is 2. The Morgan fingerprint density at radius 1 is 0.944 bits per heavy atom. The van der Waals surface area contributed by atoms with E-state index in [1.807, 2.05) is 55.5 Å². The molecule has 1 unspecified atom stereocenters. The van der Waals surface area contributed by atoms with E-state index in [2.05, 4.69) is 24.4 Å². The molecule has 0 fully saturated rings. The van der Waals surface area contributed by atoms with Crippen LogP contribution in [-0.4, -0.2) is 35.1 Å². The lowest BCUT2D eigenvalue weighted by Gasteiger charge is -2.31. The molecule has 0 saturated heterocycles. The van der Waals surface area contributed by atoms with Gasteiger partial charge in [0, 0.05) is 25.3 Å². The Balaban J connectivity index is 1.86. The third kappa shape index (κ3) is 8.29. The molecule has 7 heteroatoms. The van der Waals surface area contributed by atoms with Gasteiger partial charge in [0.2, 0.25) is 11.8 Å². The van der Waals surface area contributed by atoms with Crippen molar-refractivity contribution < 1.29 is 9.59 Å². The molecule has 3 aromatic rings. The molecule has 0 spiro atoms. The van der Waals surface area contributed by atoms with Crippen LogP contribution in [0.2, 0.25) is 10.0 Å². The molecule has 3 rings (SSSR count). The van der Waals surface area contributed by atoms with E-state index in [4.69, 9.17) is 23.2 Å². The highest BCUT2D eigenvalue weighted by Crippen LogP contribution is 2.25. The quantitative estimate of drug-likeness (QED) is 0.277. The Labute approximate surface area is 228 Å². The van der Waals surface area contributed by atoms with E-state index >= 15 is 0 Å². The van der Waals surface area contributed by atoms with E-state index in [9.17, 15) is 9.59 Å². The van der Waals surface area contributed by atoms with Crippen LogP contribution in [0.5, 0.6) is 0 Å². The van der Waals surface area contributed by atoms with Gasteiger partial charge in [0.05, 0.1) is 15.8 Å². The standard InChI is InChI=1S/C29H32Cl2N2O2S/c1-3-15-32-29(35)27(17-22-10-5-4-6-11-22)33(18-23-13-14-25(30)26(31)16-23)28(34)20-36-19-24-12-8-7-9-21(24)2/h4-14,16,27H,3,15,17-20H2,1-2H3,(H,32,35). The molecule has 0 heterocycles. The van der Waals surface area contributed by atoms with Gasteiger partial charge in [-0.25, -0.2) is 0 Å². The molecule has 0 saturated carbocycles. The van der Waals surface area contributed by atoms with Crippen LogP contribution in [0.4, 0.5) is 0 Å². The van der Waals surface area contributed by atoms with Crippen molar-refractivity contribution in [1.82, 2.24) is 10.2 Å². The van der Waals surface area contributed by atoms with Crippen molar-refractivity contribution in [3.63, 3.8) is 0 Å². The first-order valence-corrected chi connectivity index (χ1v) is 14.0. The van der Waals surface area contributed by atoms with Crippen LogP contribution in [0.3, 0.4) is 0 Å². The molecule has 190 valence electrons. The zero-order chi connectivity index (χ0) is 25.9. The monoisotopic (exact) mass is 542 g/mol. The van der Waals surface area contributed by atoms with Crippen LogP contribution >= 0.6 is 35.0 Å². The molecule has 3 aromatic carbocycles. The number of halogens is 2. The summed E-state index contributed by atoms with van der Waals surface area (Å²) in [6, 6.07) is 22.6. The number of aryl methyl sites for hydroxylation is 1. The lowest BCUT2D eigenvalue weighted by molar-refractivity contribution is -0.139. The first-order chi connectivity index (χ1) is 17.4. The molecule has 0 bridgehead atoms. The van der Waals surface area contributed by atoms with Crippen molar-refractivity contribution in [3.05, 3.63) is 105 Å². The predicted molar refractivity (Wildman–Crippen MR) is 152 cm³/mol. The van der Waals surface area contributed by atoms with Crippen molar-refractivity contribution in [2.24, 2.45) is 0 Å². The third-order valence-corrected chi connectivity index (χ3v) is 7.61. The molecule has 0 radical (unpaired) electrons. The highest BCUT2D eigenvalue weighted by Gasteiger charge is 2.30. The van der Waals surface area contributed by atoms with Crippen molar-refractivity contribution in [2.45, 2.75) is 45.0 Å². The Morgan fingerprint density at radius 3 is 2.36 bits per heavy atom. The lowest BCUT2D eigenvalue weighted by atomic mass is 10.0. The smallest absolute Gasteiger partial charge is 0.243 e. The highest BCUT2D eigenvalue weighted by molar-refractivity contribution is 7.99. The maximum atomic E-state index is 13.7. The van der Waals surface area contributed by atoms with Crippen LogP contribution in [0.1, 0.15) is 35.6 Å². The number of thioether (sulfide) groups is 1. The van der Waals surface area contributed by atoms with Crippen molar-refractivity contribution >= 4 is 46.8 Å². The molecule has 4 nitrogen and oxygen atoms in total. The minimum absolute atomic E-state index is 0.0905. The van der Waals surface area contributed by atoms with Crippen LogP contribution in [0, 0.1) is 6.92 Å². The van der Waals surface area contributed by atoms with Crippen LogP contribution in [0.15, 0.2) is 72.8 Å². The zero-order valence-corrected chi connectivity index (χ0v) is 23.0. The zero-order valence-electron chi connectivity index (χ0n) is 20.7. The van der Waals surface area contributed by atoms with Gasteiger partial charge in [-0.2, -0.15) is 0 Å². The number of rotatable bonds is 12. The van der Waals surface area contributed by atoms with Crippen LogP contribution < -0.4 is 5.32 Å². The number of benzene rings is 3. The largest absolute Gasteiger partial charge is 0.354 e. The van der Waals surface area contributed by atoms with Crippen molar-refractivity contribution in [1.29, 1.82) is 0 Å². The second kappa shape index (κ2) is 14.3. The molecule has 2 amide bonds. The third-order valence-electron chi connectivity index (χ3n) is 5.90. The number of hydrogen-bond donors (Lipinski definition) is 1. The normalized spacial score (nSPS) is 11.7. The lowest BCUT2D eigenvalue weighted by Crippen LogP contribution is -2.51. The molecule has 0 aliphatic heterocycles. The number of amides is 2. The fourth-order valence-corrected chi connectivity index (χ4v) is 5.16. The maximum Gasteiger partial charge on any atom is 0.243 e. The molecular formula is C29H32Cl2N2O2S. The Kier molecular flexibility index (Phi) is 11.2. The minimum Gasteiger partial charge on any atom is -0.354 e. The molecular weight excluding hydrogens is 511 g/mol. The topological polar surface area (TPSA) is 49.4 Å². The summed E-state index contributed by atoms with van der Waals surface area (Å²) in [5.41, 5.74) is 4.22. The first-order valence-electron chi connectivity index (χ1n) is 12.1. The summed E-state index contributed by atoms with van der Waals surface area (Å²) in [4.78, 5) is 28.7. The summed E-state index contributed by atoms with van der Waals surface area (Å²) >= 11 is 13.9. The predicted octanol–water partition coefficient (Wildman–Crippen LogP) is 6.70. The van der Waals surface area contributed by atoms with Gasteiger partial charge in [0.25, 0.3) is 0 Å². The molecule has 0 aliphatic rings. The summed E-state index contributed by atoms with van der Waals surface area (Å²) in [6.45, 7) is 4.90. The van der Waals surface area contributed by atoms with E-state index < -0.39 is 6.04 Å². The highest BCUT2D eigenvalue weighted by atomic mass is 35.5. The minimum atomic E-state index is -0.653. The Bertz CT molecular complexity index is 1160. The fraction of sp³-hybridized carbons (Fsp3) is 0.310. The SMILES string of the molecule is CCCNC(=O)C(Cc1ccccc1)N(Cc1ccc(Cl)c(Cl)c1)C(=O)CSCc1ccccc1C. The Morgan fingerprint density at radius 2 is 1.67 bits per heavy atom.